The summed E-state index contributed by atoms with van der Waals surface area (Å²) < 4.78 is 5.28. The predicted octanol–water partition coefficient (Wildman–Crippen LogP) is 1.44. The van der Waals surface area contributed by atoms with Gasteiger partial charge in [-0.15, -0.1) is 0 Å². The van der Waals surface area contributed by atoms with Gasteiger partial charge in [0.1, 0.15) is 0 Å². The topological polar surface area (TPSA) is 24.5 Å². The van der Waals surface area contributed by atoms with E-state index in [-0.39, 0.29) is 0 Å². The lowest BCUT2D eigenvalue weighted by Crippen LogP contribution is -2.49. The van der Waals surface area contributed by atoms with E-state index in [0.29, 0.717) is 6.04 Å². The maximum Gasteiger partial charge on any atom is 0.0589 e. The Hall–Kier alpha value is 0.230. The summed E-state index contributed by atoms with van der Waals surface area (Å²) in [6, 6.07) is 1.42. The van der Waals surface area contributed by atoms with Gasteiger partial charge in [-0.25, -0.2) is 0 Å². The van der Waals surface area contributed by atoms with Gasteiger partial charge >= 0.3 is 0 Å². The van der Waals surface area contributed by atoms with Gasteiger partial charge in [-0.1, -0.05) is 0 Å². The van der Waals surface area contributed by atoms with Crippen molar-refractivity contribution in [3.8, 4) is 0 Å². The Labute approximate surface area is 110 Å². The highest BCUT2D eigenvalue weighted by atomic mass is 32.2. The Morgan fingerprint density at radius 3 is 2.76 bits per heavy atom. The molecule has 4 heteroatoms. The predicted molar refractivity (Wildman–Crippen MR) is 74.7 cm³/mol. The van der Waals surface area contributed by atoms with Crippen LogP contribution in [0.15, 0.2) is 0 Å². The van der Waals surface area contributed by atoms with E-state index in [4.69, 9.17) is 4.74 Å². The number of rotatable bonds is 7. The van der Waals surface area contributed by atoms with Gasteiger partial charge in [0.05, 0.1) is 6.61 Å². The van der Waals surface area contributed by atoms with Gasteiger partial charge in [-0.05, 0) is 31.9 Å². The number of methoxy groups -OCH3 is 1. The zero-order valence-electron chi connectivity index (χ0n) is 11.3. The van der Waals surface area contributed by atoms with Crippen LogP contribution in [-0.2, 0) is 4.74 Å². The summed E-state index contributed by atoms with van der Waals surface area (Å²) in [6.07, 6.45) is 5.09. The van der Waals surface area contributed by atoms with Gasteiger partial charge in [-0.3, -0.25) is 4.90 Å². The molecule has 0 aromatic carbocycles. The van der Waals surface area contributed by atoms with E-state index >= 15 is 0 Å². The highest BCUT2D eigenvalue weighted by Gasteiger charge is 2.39. The SMILES string of the molecule is COCCN(C(C)C1CC1)C1CNCC1SC. The van der Waals surface area contributed by atoms with Crippen molar-refractivity contribution < 1.29 is 4.74 Å². The summed E-state index contributed by atoms with van der Waals surface area (Å²) in [5, 5.41) is 4.28. The molecule has 2 fully saturated rings. The van der Waals surface area contributed by atoms with Crippen LogP contribution in [0.25, 0.3) is 0 Å². The average molecular weight is 258 g/mol. The first-order chi connectivity index (χ1) is 8.27. The second-order valence-electron chi connectivity index (χ2n) is 5.31. The lowest BCUT2D eigenvalue weighted by atomic mass is 10.1. The molecule has 2 rings (SSSR count). The molecule has 0 aromatic heterocycles. The van der Waals surface area contributed by atoms with Crippen LogP contribution in [0.2, 0.25) is 0 Å². The van der Waals surface area contributed by atoms with E-state index in [2.05, 4.69) is 23.4 Å². The molecule has 1 saturated heterocycles. The van der Waals surface area contributed by atoms with Crippen molar-refractivity contribution in [2.75, 3.05) is 39.6 Å². The molecular formula is C13H26N2OS. The lowest BCUT2D eigenvalue weighted by molar-refractivity contribution is 0.0893. The highest BCUT2D eigenvalue weighted by Crippen LogP contribution is 2.37. The molecule has 100 valence electrons. The van der Waals surface area contributed by atoms with Crippen LogP contribution in [0.4, 0.5) is 0 Å². The summed E-state index contributed by atoms with van der Waals surface area (Å²) in [5.74, 6) is 0.940. The summed E-state index contributed by atoms with van der Waals surface area (Å²) >= 11 is 2.01. The van der Waals surface area contributed by atoms with Crippen molar-refractivity contribution in [1.82, 2.24) is 10.2 Å². The van der Waals surface area contributed by atoms with Crippen molar-refractivity contribution >= 4 is 11.8 Å². The Morgan fingerprint density at radius 2 is 2.18 bits per heavy atom. The van der Waals surface area contributed by atoms with E-state index in [1.165, 1.54) is 12.8 Å². The molecular weight excluding hydrogens is 232 g/mol. The third-order valence-electron chi connectivity index (χ3n) is 4.24. The number of thioether (sulfide) groups is 1. The molecule has 1 saturated carbocycles. The third kappa shape index (κ3) is 3.37. The van der Waals surface area contributed by atoms with E-state index in [1.807, 2.05) is 11.8 Å². The van der Waals surface area contributed by atoms with Gasteiger partial charge in [0, 0.05) is 44.1 Å². The second kappa shape index (κ2) is 6.41. The van der Waals surface area contributed by atoms with Crippen LogP contribution in [0.3, 0.4) is 0 Å². The number of hydrogen-bond acceptors (Lipinski definition) is 4. The smallest absolute Gasteiger partial charge is 0.0589 e. The Morgan fingerprint density at radius 1 is 1.41 bits per heavy atom. The molecule has 17 heavy (non-hydrogen) atoms. The normalized spacial score (nSPS) is 31.1. The average Bonchev–Trinajstić information content (AvgIpc) is 3.09. The standard InChI is InChI=1S/C13H26N2OS/c1-10(11-4-5-11)15(6-7-16-2)12-8-14-9-13(12)17-3/h10-14H,4-9H2,1-3H3. The second-order valence-corrected chi connectivity index (χ2v) is 6.39. The molecule has 3 unspecified atom stereocenters. The van der Waals surface area contributed by atoms with Crippen LogP contribution in [0.5, 0.6) is 0 Å². The molecule has 1 heterocycles. The minimum Gasteiger partial charge on any atom is -0.383 e. The third-order valence-corrected chi connectivity index (χ3v) is 5.32. The van der Waals surface area contributed by atoms with Crippen LogP contribution in [0.1, 0.15) is 19.8 Å². The van der Waals surface area contributed by atoms with E-state index in [0.717, 1.165) is 43.5 Å². The summed E-state index contributed by atoms with van der Waals surface area (Å²) in [6.45, 7) is 6.65. The molecule has 1 aliphatic carbocycles. The van der Waals surface area contributed by atoms with E-state index < -0.39 is 0 Å². The van der Waals surface area contributed by atoms with Gasteiger partial charge in [0.2, 0.25) is 0 Å². The van der Waals surface area contributed by atoms with Gasteiger partial charge < -0.3 is 10.1 Å². The molecule has 0 bridgehead atoms. The minimum absolute atomic E-state index is 0.691. The van der Waals surface area contributed by atoms with Gasteiger partial charge in [0.15, 0.2) is 0 Å². The Balaban J connectivity index is 1.97. The maximum absolute atomic E-state index is 5.28. The van der Waals surface area contributed by atoms with Crippen LogP contribution in [-0.4, -0.2) is 61.8 Å². The highest BCUT2D eigenvalue weighted by molar-refractivity contribution is 7.99. The summed E-state index contributed by atoms with van der Waals surface area (Å²) in [4.78, 5) is 2.70. The fourth-order valence-electron chi connectivity index (χ4n) is 2.93. The number of nitrogens with one attached hydrogen (secondary N) is 1. The molecule has 0 radical (unpaired) electrons. The number of ether oxygens (including phenoxy) is 1. The first-order valence-corrected chi connectivity index (χ1v) is 8.05. The van der Waals surface area contributed by atoms with Crippen molar-refractivity contribution in [2.45, 2.75) is 37.1 Å². The maximum atomic E-state index is 5.28. The first kappa shape index (κ1) is 13.7. The van der Waals surface area contributed by atoms with Crippen molar-refractivity contribution in [3.63, 3.8) is 0 Å². The molecule has 0 spiro atoms. The largest absolute Gasteiger partial charge is 0.383 e. The zero-order chi connectivity index (χ0) is 12.3. The molecule has 0 aromatic rings. The molecule has 1 N–H and O–H groups in total. The van der Waals surface area contributed by atoms with Crippen molar-refractivity contribution in [2.24, 2.45) is 5.92 Å². The van der Waals surface area contributed by atoms with Crippen molar-refractivity contribution in [3.05, 3.63) is 0 Å². The minimum atomic E-state index is 0.691. The monoisotopic (exact) mass is 258 g/mol. The van der Waals surface area contributed by atoms with E-state index in [9.17, 15) is 0 Å². The number of hydrogen-bond donors (Lipinski definition) is 1. The summed E-state index contributed by atoms with van der Waals surface area (Å²) in [5.41, 5.74) is 0. The fourth-order valence-corrected chi connectivity index (χ4v) is 3.78. The van der Waals surface area contributed by atoms with Crippen LogP contribution >= 0.6 is 11.8 Å². The summed E-state index contributed by atoms with van der Waals surface area (Å²) in [7, 11) is 1.80. The quantitative estimate of drug-likeness (QED) is 0.747. The Bertz CT molecular complexity index is 235. The number of nitrogens with zero attached hydrogens (tertiary/aromatic N) is 1. The first-order valence-electron chi connectivity index (χ1n) is 6.76. The van der Waals surface area contributed by atoms with Gasteiger partial charge in [0.25, 0.3) is 0 Å². The fraction of sp³-hybridized carbons (Fsp3) is 1.00. The molecule has 3 atom stereocenters. The van der Waals surface area contributed by atoms with Crippen LogP contribution in [0, 0.1) is 5.92 Å². The van der Waals surface area contributed by atoms with Gasteiger partial charge in [-0.2, -0.15) is 11.8 Å². The van der Waals surface area contributed by atoms with Crippen molar-refractivity contribution in [1.29, 1.82) is 0 Å². The molecule has 0 amide bonds. The zero-order valence-corrected chi connectivity index (χ0v) is 12.1. The Kier molecular flexibility index (Phi) is 5.15. The lowest BCUT2D eigenvalue weighted by Gasteiger charge is -2.36. The molecule has 2 aliphatic rings. The van der Waals surface area contributed by atoms with E-state index in [1.54, 1.807) is 7.11 Å². The molecule has 3 nitrogen and oxygen atoms in total. The van der Waals surface area contributed by atoms with Crippen LogP contribution < -0.4 is 5.32 Å². The molecule has 1 aliphatic heterocycles.